The Morgan fingerprint density at radius 1 is 1.28 bits per heavy atom. The van der Waals surface area contributed by atoms with Crippen molar-refractivity contribution >= 4 is 5.69 Å². The molecular weight excluding hydrogens is 379 g/mol. The van der Waals surface area contributed by atoms with Gasteiger partial charge in [0.15, 0.2) is 0 Å². The van der Waals surface area contributed by atoms with E-state index >= 15 is 0 Å². The molecule has 0 unspecified atom stereocenters. The van der Waals surface area contributed by atoms with Gasteiger partial charge in [-0.3, -0.25) is 9.58 Å². The summed E-state index contributed by atoms with van der Waals surface area (Å²) >= 11 is 0. The monoisotopic (exact) mass is 407 g/mol. The van der Waals surface area contributed by atoms with Crippen LogP contribution in [0.1, 0.15) is 18.4 Å². The van der Waals surface area contributed by atoms with Gasteiger partial charge in [0.1, 0.15) is 5.82 Å². The van der Waals surface area contributed by atoms with Crippen LogP contribution in [0.2, 0.25) is 0 Å². The molecule has 5 nitrogen and oxygen atoms in total. The van der Waals surface area contributed by atoms with Crippen molar-refractivity contribution in [2.45, 2.75) is 31.7 Å². The van der Waals surface area contributed by atoms with Crippen molar-refractivity contribution in [1.29, 1.82) is 0 Å². The van der Waals surface area contributed by atoms with Crippen LogP contribution in [0.25, 0.3) is 11.1 Å². The molecule has 1 aliphatic rings. The number of rotatable bonds is 8. The first-order chi connectivity index (χ1) is 13.9. The van der Waals surface area contributed by atoms with E-state index in [4.69, 9.17) is 0 Å². The van der Waals surface area contributed by atoms with Crippen LogP contribution in [0.5, 0.6) is 0 Å². The number of allylic oxidation sites excluding steroid dienone is 1. The van der Waals surface area contributed by atoms with Crippen LogP contribution in [-0.4, -0.2) is 53.8 Å². The molecule has 0 atom stereocenters. The lowest BCUT2D eigenvalue weighted by molar-refractivity contribution is 0.0738. The van der Waals surface area contributed by atoms with E-state index in [0.29, 0.717) is 25.2 Å². The van der Waals surface area contributed by atoms with Gasteiger partial charge in [0.25, 0.3) is 6.43 Å². The van der Waals surface area contributed by atoms with Crippen molar-refractivity contribution < 1.29 is 13.2 Å². The third kappa shape index (κ3) is 5.53. The second-order valence-corrected chi connectivity index (χ2v) is 7.54. The number of aromatic nitrogens is 2. The minimum absolute atomic E-state index is 0.167. The summed E-state index contributed by atoms with van der Waals surface area (Å²) in [6, 6.07) is 3.64. The number of likely N-dealkylation sites (tertiary alicyclic amines) is 1. The Hall–Kier alpha value is -2.48. The molecule has 1 aromatic carbocycles. The van der Waals surface area contributed by atoms with Gasteiger partial charge in [-0.2, -0.15) is 5.10 Å². The zero-order valence-corrected chi connectivity index (χ0v) is 16.9. The maximum absolute atomic E-state index is 14.7. The first kappa shape index (κ1) is 21.2. The van der Waals surface area contributed by atoms with Crippen LogP contribution < -0.4 is 10.6 Å². The molecule has 1 aromatic heterocycles. The number of nitrogens with one attached hydrogen (secondary N) is 2. The Morgan fingerprint density at radius 2 is 2.00 bits per heavy atom. The van der Waals surface area contributed by atoms with Gasteiger partial charge in [-0.25, -0.2) is 13.2 Å². The summed E-state index contributed by atoms with van der Waals surface area (Å²) in [7, 11) is 3.52. The van der Waals surface area contributed by atoms with Gasteiger partial charge in [0, 0.05) is 57.1 Å². The molecular formula is C21H28F3N5. The highest BCUT2D eigenvalue weighted by molar-refractivity contribution is 5.68. The number of halogens is 3. The lowest BCUT2D eigenvalue weighted by Crippen LogP contribution is -2.43. The van der Waals surface area contributed by atoms with Crippen molar-refractivity contribution in [2.24, 2.45) is 7.05 Å². The first-order valence-electron chi connectivity index (χ1n) is 9.79. The molecule has 0 radical (unpaired) electrons. The van der Waals surface area contributed by atoms with E-state index < -0.39 is 6.43 Å². The SMILES string of the molecule is C=C(Cc1cc(-c2cnn(C)c2)cc(F)c1NC)NC1CCN(CC(F)F)CC1. The Balaban J connectivity index is 1.66. The Morgan fingerprint density at radius 3 is 2.59 bits per heavy atom. The average Bonchev–Trinajstić information content (AvgIpc) is 3.09. The highest BCUT2D eigenvalue weighted by atomic mass is 19.3. The summed E-state index contributed by atoms with van der Waals surface area (Å²) in [6.45, 7) is 5.23. The van der Waals surface area contributed by atoms with Gasteiger partial charge in [-0.05, 0) is 36.1 Å². The summed E-state index contributed by atoms with van der Waals surface area (Å²) in [4.78, 5) is 1.79. The van der Waals surface area contributed by atoms with E-state index in [1.165, 1.54) is 6.07 Å². The first-order valence-corrected chi connectivity index (χ1v) is 9.79. The standard InChI is InChI=1S/C21H28F3N5/c1-14(27-18-4-6-29(7-5-18)13-20(23)24)8-16-9-15(10-19(22)21(16)25-2)17-11-26-28(3)12-17/h9-12,18,20,25,27H,1,4-8,13H2,2-3H3. The number of anilines is 1. The molecule has 0 spiro atoms. The van der Waals surface area contributed by atoms with E-state index in [0.717, 1.165) is 35.2 Å². The fourth-order valence-corrected chi connectivity index (χ4v) is 3.84. The van der Waals surface area contributed by atoms with Crippen LogP contribution in [0.3, 0.4) is 0 Å². The van der Waals surface area contributed by atoms with E-state index in [2.05, 4.69) is 22.3 Å². The molecule has 2 N–H and O–H groups in total. The molecule has 1 aliphatic heterocycles. The number of nitrogens with zero attached hydrogens (tertiary/aromatic N) is 3. The minimum atomic E-state index is -2.29. The van der Waals surface area contributed by atoms with Gasteiger partial charge in [0.05, 0.1) is 18.4 Å². The second-order valence-electron chi connectivity index (χ2n) is 7.54. The zero-order chi connectivity index (χ0) is 21.0. The van der Waals surface area contributed by atoms with Crippen LogP contribution in [0.15, 0.2) is 36.8 Å². The molecule has 29 heavy (non-hydrogen) atoms. The maximum Gasteiger partial charge on any atom is 0.251 e. The Labute approximate surface area is 169 Å². The van der Waals surface area contributed by atoms with Gasteiger partial charge in [-0.1, -0.05) is 6.58 Å². The van der Waals surface area contributed by atoms with E-state index in [1.807, 2.05) is 19.3 Å². The van der Waals surface area contributed by atoms with E-state index in [1.54, 1.807) is 22.8 Å². The molecule has 0 amide bonds. The Kier molecular flexibility index (Phi) is 6.84. The average molecular weight is 407 g/mol. The van der Waals surface area contributed by atoms with Crippen molar-refractivity contribution in [2.75, 3.05) is 32.0 Å². The van der Waals surface area contributed by atoms with Gasteiger partial charge >= 0.3 is 0 Å². The summed E-state index contributed by atoms with van der Waals surface area (Å²) < 4.78 is 41.4. The number of alkyl halides is 2. The highest BCUT2D eigenvalue weighted by Gasteiger charge is 2.22. The summed E-state index contributed by atoms with van der Waals surface area (Å²) in [6.07, 6.45) is 3.30. The molecule has 1 saturated heterocycles. The van der Waals surface area contributed by atoms with Crippen molar-refractivity contribution in [3.63, 3.8) is 0 Å². The largest absolute Gasteiger partial charge is 0.386 e. The maximum atomic E-state index is 14.7. The van der Waals surface area contributed by atoms with Gasteiger partial charge < -0.3 is 10.6 Å². The third-order valence-corrected chi connectivity index (χ3v) is 5.26. The van der Waals surface area contributed by atoms with Crippen LogP contribution >= 0.6 is 0 Å². The number of piperidine rings is 1. The molecule has 3 rings (SSSR count). The van der Waals surface area contributed by atoms with Crippen LogP contribution in [0.4, 0.5) is 18.9 Å². The number of aryl methyl sites for hydroxylation is 1. The van der Waals surface area contributed by atoms with Gasteiger partial charge in [-0.15, -0.1) is 0 Å². The topological polar surface area (TPSA) is 45.1 Å². The third-order valence-electron chi connectivity index (χ3n) is 5.26. The van der Waals surface area contributed by atoms with E-state index in [9.17, 15) is 13.2 Å². The lowest BCUT2D eigenvalue weighted by atomic mass is 9.99. The zero-order valence-electron chi connectivity index (χ0n) is 16.9. The predicted octanol–water partition coefficient (Wildman–Crippen LogP) is 3.64. The smallest absolute Gasteiger partial charge is 0.251 e. The van der Waals surface area contributed by atoms with Crippen LogP contribution in [0, 0.1) is 5.82 Å². The molecule has 8 heteroatoms. The number of benzene rings is 1. The number of hydrogen-bond acceptors (Lipinski definition) is 4. The van der Waals surface area contributed by atoms with E-state index in [-0.39, 0.29) is 18.4 Å². The van der Waals surface area contributed by atoms with Crippen LogP contribution in [-0.2, 0) is 13.5 Å². The fraction of sp³-hybridized carbons (Fsp3) is 0.476. The normalized spacial score (nSPS) is 15.7. The van der Waals surface area contributed by atoms with Crippen molar-refractivity contribution in [3.05, 3.63) is 48.2 Å². The van der Waals surface area contributed by atoms with Gasteiger partial charge in [0.2, 0.25) is 0 Å². The van der Waals surface area contributed by atoms with Crippen molar-refractivity contribution in [1.82, 2.24) is 20.0 Å². The molecule has 2 aromatic rings. The Bertz CT molecular complexity index is 841. The molecule has 0 saturated carbocycles. The molecule has 0 bridgehead atoms. The molecule has 0 aliphatic carbocycles. The fourth-order valence-electron chi connectivity index (χ4n) is 3.84. The highest BCUT2D eigenvalue weighted by Crippen LogP contribution is 2.29. The van der Waals surface area contributed by atoms with Crippen molar-refractivity contribution in [3.8, 4) is 11.1 Å². The quantitative estimate of drug-likeness (QED) is 0.701. The summed E-state index contributed by atoms with van der Waals surface area (Å²) in [5.74, 6) is -0.322. The second kappa shape index (κ2) is 9.35. The summed E-state index contributed by atoms with van der Waals surface area (Å²) in [5, 5.41) is 10.5. The minimum Gasteiger partial charge on any atom is -0.386 e. The molecule has 158 valence electrons. The number of hydrogen-bond donors (Lipinski definition) is 2. The lowest BCUT2D eigenvalue weighted by Gasteiger charge is -2.33. The molecule has 1 fully saturated rings. The molecule has 2 heterocycles. The predicted molar refractivity (Wildman–Crippen MR) is 110 cm³/mol. The summed E-state index contributed by atoms with van der Waals surface area (Å²) in [5.41, 5.74) is 3.65.